The van der Waals surface area contributed by atoms with Gasteiger partial charge in [-0.3, -0.25) is 15.6 Å². The predicted molar refractivity (Wildman–Crippen MR) is 109 cm³/mol. The molecule has 144 valence electrons. The van der Waals surface area contributed by atoms with Crippen molar-refractivity contribution in [3.05, 3.63) is 66.0 Å². The van der Waals surface area contributed by atoms with Gasteiger partial charge in [-0.15, -0.1) is 0 Å². The fourth-order valence-corrected chi connectivity index (χ4v) is 2.60. The summed E-state index contributed by atoms with van der Waals surface area (Å²) in [7, 11) is 1.59. The lowest BCUT2D eigenvalue weighted by molar-refractivity contribution is -0.119. The third-order valence-corrected chi connectivity index (χ3v) is 4.02. The number of hydrogen-bond donors (Lipinski definition) is 4. The Bertz CT molecular complexity index is 962. The number of aryl methyl sites for hydroxylation is 1. The summed E-state index contributed by atoms with van der Waals surface area (Å²) in [4.78, 5) is 20.4. The van der Waals surface area contributed by atoms with Crippen molar-refractivity contribution in [3.63, 3.8) is 0 Å². The Morgan fingerprint density at radius 1 is 1.11 bits per heavy atom. The van der Waals surface area contributed by atoms with Crippen LogP contribution in [0.1, 0.15) is 11.1 Å². The molecule has 0 unspecified atom stereocenters. The molecule has 0 atom stereocenters. The Hall–Kier alpha value is -3.81. The molecule has 3 aromatic rings. The summed E-state index contributed by atoms with van der Waals surface area (Å²) in [6.07, 6.45) is 1.59. The van der Waals surface area contributed by atoms with Crippen LogP contribution in [0.15, 0.2) is 54.9 Å². The maximum atomic E-state index is 12.1. The first-order chi connectivity index (χ1) is 13.6. The van der Waals surface area contributed by atoms with E-state index in [2.05, 4.69) is 26.1 Å². The molecule has 3 rings (SSSR count). The maximum Gasteiger partial charge on any atom is 0.242 e. The van der Waals surface area contributed by atoms with E-state index in [1.165, 1.54) is 6.33 Å². The van der Waals surface area contributed by atoms with E-state index in [0.29, 0.717) is 17.4 Å². The number of rotatable bonds is 7. The summed E-state index contributed by atoms with van der Waals surface area (Å²) in [5, 5.41) is 3.15. The molecule has 5 N–H and O–H groups in total. The van der Waals surface area contributed by atoms with Crippen LogP contribution in [0.5, 0.6) is 5.75 Å². The third-order valence-electron chi connectivity index (χ3n) is 4.02. The minimum atomic E-state index is -0.209. The Morgan fingerprint density at radius 2 is 1.86 bits per heavy atom. The summed E-state index contributed by atoms with van der Waals surface area (Å²) in [6, 6.07) is 15.2. The standard InChI is InChI=1S/C20H22N6O2/c1-13-8-9-16(28-2)15(10-13)24-19-18(21)20(23-12-22-19)26-25-17(27)11-14-6-4-3-5-7-14/h3-10,12H,11,21H2,1-2H3,(H,25,27)(H2,22,23,24,26). The SMILES string of the molecule is COc1ccc(C)cc1Nc1ncnc(NNC(=O)Cc2ccccc2)c1N. The molecular formula is C20H22N6O2. The molecule has 28 heavy (non-hydrogen) atoms. The normalized spacial score (nSPS) is 10.2. The number of methoxy groups -OCH3 is 1. The number of anilines is 4. The second-order valence-corrected chi connectivity index (χ2v) is 6.15. The number of nitrogens with one attached hydrogen (secondary N) is 3. The van der Waals surface area contributed by atoms with Gasteiger partial charge in [0.15, 0.2) is 11.6 Å². The zero-order valence-electron chi connectivity index (χ0n) is 15.7. The van der Waals surface area contributed by atoms with Crippen molar-refractivity contribution in [3.8, 4) is 5.75 Å². The third kappa shape index (κ3) is 4.67. The van der Waals surface area contributed by atoms with Gasteiger partial charge in [-0.05, 0) is 30.2 Å². The largest absolute Gasteiger partial charge is 0.495 e. The molecule has 0 bridgehead atoms. The van der Waals surface area contributed by atoms with E-state index >= 15 is 0 Å². The van der Waals surface area contributed by atoms with Gasteiger partial charge in [0.2, 0.25) is 5.91 Å². The molecular weight excluding hydrogens is 356 g/mol. The lowest BCUT2D eigenvalue weighted by Crippen LogP contribution is -2.31. The van der Waals surface area contributed by atoms with Crippen LogP contribution in [-0.2, 0) is 11.2 Å². The van der Waals surface area contributed by atoms with Crippen LogP contribution in [-0.4, -0.2) is 23.0 Å². The lowest BCUT2D eigenvalue weighted by Gasteiger charge is -2.15. The van der Waals surface area contributed by atoms with Gasteiger partial charge in [0, 0.05) is 0 Å². The summed E-state index contributed by atoms with van der Waals surface area (Å²) >= 11 is 0. The molecule has 2 aromatic carbocycles. The number of amides is 1. The molecule has 0 radical (unpaired) electrons. The highest BCUT2D eigenvalue weighted by atomic mass is 16.5. The molecule has 0 aliphatic rings. The molecule has 8 nitrogen and oxygen atoms in total. The number of nitrogens with two attached hydrogens (primary N) is 1. The van der Waals surface area contributed by atoms with Crippen molar-refractivity contribution >= 4 is 28.9 Å². The van der Waals surface area contributed by atoms with Crippen LogP contribution >= 0.6 is 0 Å². The fourth-order valence-electron chi connectivity index (χ4n) is 2.60. The zero-order chi connectivity index (χ0) is 19.9. The molecule has 8 heteroatoms. The van der Waals surface area contributed by atoms with E-state index in [0.717, 1.165) is 16.8 Å². The second-order valence-electron chi connectivity index (χ2n) is 6.15. The smallest absolute Gasteiger partial charge is 0.242 e. The van der Waals surface area contributed by atoms with Crippen molar-refractivity contribution in [1.82, 2.24) is 15.4 Å². The van der Waals surface area contributed by atoms with E-state index in [1.54, 1.807) is 7.11 Å². The van der Waals surface area contributed by atoms with Crippen LogP contribution < -0.4 is 26.6 Å². The number of carbonyl (C=O) groups is 1. The summed E-state index contributed by atoms with van der Waals surface area (Å²) < 4.78 is 5.36. The molecule has 1 aromatic heterocycles. The van der Waals surface area contributed by atoms with Crippen LogP contribution in [0.3, 0.4) is 0 Å². The fraction of sp³-hybridized carbons (Fsp3) is 0.150. The molecule has 1 heterocycles. The molecule has 0 saturated heterocycles. The number of nitrogens with zero attached hydrogens (tertiary/aromatic N) is 2. The highest BCUT2D eigenvalue weighted by Crippen LogP contribution is 2.31. The number of benzene rings is 2. The number of nitrogen functional groups attached to an aromatic ring is 1. The highest BCUT2D eigenvalue weighted by molar-refractivity contribution is 5.83. The van der Waals surface area contributed by atoms with Crippen molar-refractivity contribution in [1.29, 1.82) is 0 Å². The predicted octanol–water partition coefficient (Wildman–Crippen LogP) is 2.81. The summed E-state index contributed by atoms with van der Waals surface area (Å²) in [5.74, 6) is 1.15. The first-order valence-corrected chi connectivity index (χ1v) is 8.67. The van der Waals surface area contributed by atoms with Gasteiger partial charge < -0.3 is 15.8 Å². The topological polar surface area (TPSA) is 114 Å². The zero-order valence-corrected chi connectivity index (χ0v) is 15.7. The second kappa shape index (κ2) is 8.72. The van der Waals surface area contributed by atoms with Crippen molar-refractivity contribution in [2.75, 3.05) is 23.6 Å². The van der Waals surface area contributed by atoms with E-state index in [1.807, 2.05) is 55.5 Å². The molecule has 0 aliphatic carbocycles. The summed E-state index contributed by atoms with van der Waals surface area (Å²) in [5.41, 5.74) is 14.5. The number of ether oxygens (including phenoxy) is 1. The van der Waals surface area contributed by atoms with Gasteiger partial charge in [0.25, 0.3) is 0 Å². The highest BCUT2D eigenvalue weighted by Gasteiger charge is 2.12. The van der Waals surface area contributed by atoms with Crippen LogP contribution in [0, 0.1) is 6.92 Å². The first kappa shape index (κ1) is 19.0. The Morgan fingerprint density at radius 3 is 2.61 bits per heavy atom. The number of carbonyl (C=O) groups excluding carboxylic acids is 1. The van der Waals surface area contributed by atoms with E-state index in [-0.39, 0.29) is 18.0 Å². The van der Waals surface area contributed by atoms with Gasteiger partial charge in [-0.2, -0.15) is 0 Å². The molecule has 0 saturated carbocycles. The Balaban J connectivity index is 1.69. The van der Waals surface area contributed by atoms with Crippen LogP contribution in [0.4, 0.5) is 23.0 Å². The van der Waals surface area contributed by atoms with Gasteiger partial charge in [-0.25, -0.2) is 9.97 Å². The van der Waals surface area contributed by atoms with Crippen molar-refractivity contribution in [2.45, 2.75) is 13.3 Å². The lowest BCUT2D eigenvalue weighted by atomic mass is 10.1. The summed E-state index contributed by atoms with van der Waals surface area (Å²) in [6.45, 7) is 1.98. The Labute approximate surface area is 163 Å². The van der Waals surface area contributed by atoms with E-state index in [9.17, 15) is 4.79 Å². The van der Waals surface area contributed by atoms with Gasteiger partial charge >= 0.3 is 0 Å². The average Bonchev–Trinajstić information content (AvgIpc) is 2.69. The molecule has 0 fully saturated rings. The van der Waals surface area contributed by atoms with Gasteiger partial charge in [-0.1, -0.05) is 36.4 Å². The number of hydrogen-bond acceptors (Lipinski definition) is 7. The number of aromatic nitrogens is 2. The van der Waals surface area contributed by atoms with Crippen molar-refractivity contribution in [2.24, 2.45) is 0 Å². The van der Waals surface area contributed by atoms with Gasteiger partial charge in [0.05, 0.1) is 19.2 Å². The van der Waals surface area contributed by atoms with Crippen LogP contribution in [0.25, 0.3) is 0 Å². The van der Waals surface area contributed by atoms with Gasteiger partial charge in [0.1, 0.15) is 17.8 Å². The number of hydrazine groups is 1. The maximum absolute atomic E-state index is 12.1. The minimum absolute atomic E-state index is 0.209. The Kier molecular flexibility index (Phi) is 5.91. The molecule has 1 amide bonds. The first-order valence-electron chi connectivity index (χ1n) is 8.67. The van der Waals surface area contributed by atoms with E-state index < -0.39 is 0 Å². The molecule has 0 aliphatic heterocycles. The molecule has 0 spiro atoms. The van der Waals surface area contributed by atoms with E-state index in [4.69, 9.17) is 10.5 Å². The minimum Gasteiger partial charge on any atom is -0.495 e. The monoisotopic (exact) mass is 378 g/mol. The quantitative estimate of drug-likeness (QED) is 0.467. The average molecular weight is 378 g/mol. The van der Waals surface area contributed by atoms with Crippen LogP contribution in [0.2, 0.25) is 0 Å². The van der Waals surface area contributed by atoms with Crippen molar-refractivity contribution < 1.29 is 9.53 Å².